The monoisotopic (exact) mass is 787 g/mol. The molecule has 0 saturated heterocycles. The zero-order valence-corrected chi connectivity index (χ0v) is 37.5. The maximum Gasteiger partial charge on any atom is 1.00 e. The van der Waals surface area contributed by atoms with Crippen molar-refractivity contribution in [1.82, 2.24) is 0 Å². The Morgan fingerprint density at radius 2 is 0.926 bits per heavy atom. The van der Waals surface area contributed by atoms with Gasteiger partial charge in [0, 0.05) is 7.11 Å². The first-order valence-corrected chi connectivity index (χ1v) is 19.9. The van der Waals surface area contributed by atoms with Gasteiger partial charge in [0.1, 0.15) is 0 Å². The summed E-state index contributed by atoms with van der Waals surface area (Å²) in [6, 6.07) is 0. The standard InChI is InChI=1S/C21H40O4.C20H38O4.CH4O.CH4.Na.H2O/c1-5-6-7-8-9-12-15-18(22)19(23)16-13-10-11-14-17-21(2,3)20(24)25-4;1-4-5-6-7-8-11-14-17(21)18(22)15-12-9-10-13-16-20(2,3)19(23)24;1-2;;;/h9,12,18-19,22-23H,5-8,10-11,13-17H2,1-4H3;8,11,17-18,21-22H,4-7,9-10,12-16H2,1-3H3,(H,23,24);2H,1H3;1H4;;1H2/q;;;;+1;/p-1/b12-9-;11-8-;;;;. The van der Waals surface area contributed by atoms with E-state index in [-0.39, 0.29) is 48.4 Å². The maximum absolute atomic E-state index is 11.6. The van der Waals surface area contributed by atoms with E-state index in [1.807, 2.05) is 26.0 Å². The van der Waals surface area contributed by atoms with E-state index in [0.717, 1.165) is 77.7 Å². The molecule has 4 atom stereocenters. The van der Waals surface area contributed by atoms with Crippen molar-refractivity contribution in [2.45, 2.75) is 215 Å². The minimum absolute atomic E-state index is 0. The van der Waals surface area contributed by atoms with Crippen LogP contribution in [0.4, 0.5) is 0 Å². The van der Waals surface area contributed by atoms with Gasteiger partial charge in [0.15, 0.2) is 0 Å². The van der Waals surface area contributed by atoms with Gasteiger partial charge in [-0.05, 0) is 91.9 Å². The molecule has 4 unspecified atom stereocenters. The van der Waals surface area contributed by atoms with E-state index in [0.29, 0.717) is 32.1 Å². The molecule has 0 aliphatic heterocycles. The summed E-state index contributed by atoms with van der Waals surface area (Å²) in [5.41, 5.74) is -1.08. The Balaban J connectivity index is -0.000000194. The Morgan fingerprint density at radius 1 is 0.574 bits per heavy atom. The molecular weight excluding hydrogens is 699 g/mol. The minimum atomic E-state index is -0.746. The largest absolute Gasteiger partial charge is 1.00 e. The molecule has 0 fully saturated rings. The second kappa shape index (κ2) is 43.3. The molecule has 0 saturated carbocycles. The number of carboxylic acid groups (broad SMARTS) is 1. The Labute approximate surface area is 354 Å². The van der Waals surface area contributed by atoms with Crippen LogP contribution < -0.4 is 29.6 Å². The number of ether oxygens (including phenoxy) is 1. The second-order valence-electron chi connectivity index (χ2n) is 15.1. The number of rotatable bonds is 30. The molecule has 0 aromatic carbocycles. The van der Waals surface area contributed by atoms with E-state index in [4.69, 9.17) is 14.9 Å². The van der Waals surface area contributed by atoms with Crippen molar-refractivity contribution in [2.24, 2.45) is 10.8 Å². The zero-order valence-electron chi connectivity index (χ0n) is 35.5. The third kappa shape index (κ3) is 39.4. The minimum Gasteiger partial charge on any atom is -0.870 e. The maximum atomic E-state index is 11.6. The van der Waals surface area contributed by atoms with Gasteiger partial charge >= 0.3 is 41.5 Å². The van der Waals surface area contributed by atoms with Gasteiger partial charge in [-0.1, -0.05) is 123 Å². The number of aliphatic hydroxyl groups is 5. The number of allylic oxidation sites excluding steroid dienone is 2. The molecule has 7 N–H and O–H groups in total. The number of carboxylic acids is 1. The van der Waals surface area contributed by atoms with Crippen molar-refractivity contribution in [3.8, 4) is 0 Å². The van der Waals surface area contributed by atoms with Crippen LogP contribution in [0.3, 0.4) is 0 Å². The van der Waals surface area contributed by atoms with Crippen LogP contribution in [0.1, 0.15) is 190 Å². The molecule has 11 heteroatoms. The summed E-state index contributed by atoms with van der Waals surface area (Å²) < 4.78 is 4.81. The van der Waals surface area contributed by atoms with Crippen LogP contribution in [0, 0.1) is 10.8 Å². The molecule has 320 valence electrons. The molecule has 54 heavy (non-hydrogen) atoms. The fourth-order valence-corrected chi connectivity index (χ4v) is 5.46. The van der Waals surface area contributed by atoms with Crippen molar-refractivity contribution < 1.29 is 80.0 Å². The van der Waals surface area contributed by atoms with E-state index in [1.54, 1.807) is 13.8 Å². The molecule has 0 rings (SSSR count). The Hall–Kier alpha value is -0.820. The molecule has 0 aromatic rings. The van der Waals surface area contributed by atoms with Crippen LogP contribution in [0.5, 0.6) is 0 Å². The van der Waals surface area contributed by atoms with Crippen LogP contribution in [-0.4, -0.2) is 86.7 Å². The van der Waals surface area contributed by atoms with E-state index in [2.05, 4.69) is 26.0 Å². The number of hydrogen-bond donors (Lipinski definition) is 6. The Morgan fingerprint density at radius 3 is 1.26 bits per heavy atom. The fraction of sp³-hybridized carbons (Fsp3) is 0.860. The van der Waals surface area contributed by atoms with Crippen LogP contribution in [0.25, 0.3) is 0 Å². The van der Waals surface area contributed by atoms with E-state index >= 15 is 0 Å². The number of methoxy groups -OCH3 is 1. The number of unbranched alkanes of at least 4 members (excludes halogenated alkanes) is 12. The van der Waals surface area contributed by atoms with E-state index in [1.165, 1.54) is 45.6 Å². The van der Waals surface area contributed by atoms with E-state index in [9.17, 15) is 30.0 Å². The first kappa shape index (κ1) is 65.0. The second-order valence-corrected chi connectivity index (χ2v) is 15.1. The van der Waals surface area contributed by atoms with Crippen molar-refractivity contribution in [3.63, 3.8) is 0 Å². The SMILES string of the molecule is C.CCCCC/C=C\CC(O)C(O)CCCCCCC(C)(C)C(=O)O.CCCCC/C=C\CC(O)C(O)CCCCCCC(C)(C)C(=O)OC.CO.[Na+].[OH-]. The van der Waals surface area contributed by atoms with E-state index < -0.39 is 41.2 Å². The molecular formula is C43H87NaO10. The quantitative estimate of drug-likeness (QED) is 0.0202. The van der Waals surface area contributed by atoms with Gasteiger partial charge in [-0.2, -0.15) is 0 Å². The van der Waals surface area contributed by atoms with Crippen molar-refractivity contribution in [1.29, 1.82) is 0 Å². The number of esters is 1. The smallest absolute Gasteiger partial charge is 0.870 e. The number of carbonyl (C=O) groups excluding carboxylic acids is 1. The predicted octanol–water partition coefficient (Wildman–Crippen LogP) is 6.53. The van der Waals surface area contributed by atoms with Crippen LogP contribution in [0.15, 0.2) is 24.3 Å². The van der Waals surface area contributed by atoms with Gasteiger partial charge in [0.25, 0.3) is 0 Å². The average molecular weight is 787 g/mol. The summed E-state index contributed by atoms with van der Waals surface area (Å²) in [6.45, 7) is 11.7. The Kier molecular flexibility index (Phi) is 52.2. The summed E-state index contributed by atoms with van der Waals surface area (Å²) in [7, 11) is 2.43. The molecule has 0 aliphatic carbocycles. The number of aliphatic hydroxyl groups excluding tert-OH is 5. The van der Waals surface area contributed by atoms with Crippen molar-refractivity contribution in [3.05, 3.63) is 24.3 Å². The number of hydrogen-bond acceptors (Lipinski definition) is 9. The summed E-state index contributed by atoms with van der Waals surface area (Å²) >= 11 is 0. The molecule has 0 bridgehead atoms. The Bertz CT molecular complexity index is 863. The summed E-state index contributed by atoms with van der Waals surface area (Å²) in [4.78, 5) is 22.6. The molecule has 0 radical (unpaired) electrons. The van der Waals surface area contributed by atoms with Crippen LogP contribution in [0.2, 0.25) is 0 Å². The van der Waals surface area contributed by atoms with Gasteiger partial charge in [-0.25, -0.2) is 0 Å². The van der Waals surface area contributed by atoms with Gasteiger partial charge in [0.2, 0.25) is 0 Å². The summed E-state index contributed by atoms with van der Waals surface area (Å²) in [6.07, 6.45) is 26.2. The molecule has 0 spiro atoms. The average Bonchev–Trinajstić information content (AvgIpc) is 3.10. The number of aliphatic carboxylic acids is 1. The zero-order chi connectivity index (χ0) is 39.6. The summed E-state index contributed by atoms with van der Waals surface area (Å²) in [5, 5.41) is 55.9. The normalized spacial score (nSPS) is 13.5. The topological polar surface area (TPSA) is 195 Å². The first-order chi connectivity index (χ1) is 24.2. The predicted molar refractivity (Wildman–Crippen MR) is 219 cm³/mol. The van der Waals surface area contributed by atoms with Gasteiger partial charge in [-0.3, -0.25) is 9.59 Å². The molecule has 0 aliphatic rings. The van der Waals surface area contributed by atoms with Crippen LogP contribution >= 0.6 is 0 Å². The van der Waals surface area contributed by atoms with Crippen molar-refractivity contribution in [2.75, 3.05) is 14.2 Å². The van der Waals surface area contributed by atoms with Gasteiger partial charge < -0.3 is 40.9 Å². The first-order valence-electron chi connectivity index (χ1n) is 19.9. The molecule has 0 heterocycles. The third-order valence-electron chi connectivity index (χ3n) is 9.35. The van der Waals surface area contributed by atoms with Gasteiger partial charge in [-0.15, -0.1) is 0 Å². The molecule has 10 nitrogen and oxygen atoms in total. The fourth-order valence-electron chi connectivity index (χ4n) is 5.46. The summed E-state index contributed by atoms with van der Waals surface area (Å²) in [5.74, 6) is -0.905. The van der Waals surface area contributed by atoms with Gasteiger partial charge in [0.05, 0.1) is 42.4 Å². The van der Waals surface area contributed by atoms with Crippen molar-refractivity contribution >= 4 is 11.9 Å². The third-order valence-corrected chi connectivity index (χ3v) is 9.35. The number of carbonyl (C=O) groups is 2. The molecule has 0 amide bonds. The van der Waals surface area contributed by atoms with Crippen LogP contribution in [-0.2, 0) is 14.3 Å². The molecule has 0 aromatic heterocycles.